The van der Waals surface area contributed by atoms with Crippen molar-refractivity contribution < 1.29 is 14.2 Å². The fourth-order valence-electron chi connectivity index (χ4n) is 4.88. The van der Waals surface area contributed by atoms with Crippen molar-refractivity contribution in [1.82, 2.24) is 9.66 Å². The first-order valence-electron chi connectivity index (χ1n) is 14.2. The lowest BCUT2D eigenvalue weighted by atomic mass is 9.96. The summed E-state index contributed by atoms with van der Waals surface area (Å²) in [6, 6.07) is 25.2. The molecule has 0 saturated carbocycles. The predicted octanol–water partition coefficient (Wildman–Crippen LogP) is 7.97. The van der Waals surface area contributed by atoms with Gasteiger partial charge in [0.25, 0.3) is 5.56 Å². The molecule has 0 bridgehead atoms. The van der Waals surface area contributed by atoms with Gasteiger partial charge in [0.2, 0.25) is 0 Å². The van der Waals surface area contributed by atoms with Crippen LogP contribution >= 0.6 is 22.6 Å². The molecule has 1 heterocycles. The van der Waals surface area contributed by atoms with Crippen LogP contribution in [0.1, 0.15) is 48.9 Å². The van der Waals surface area contributed by atoms with Crippen molar-refractivity contribution >= 4 is 39.7 Å². The van der Waals surface area contributed by atoms with Gasteiger partial charge in [-0.25, -0.2) is 4.98 Å². The molecular formula is C35H34IN3O4. The second-order valence-corrected chi connectivity index (χ2v) is 11.6. The minimum Gasteiger partial charge on any atom is -0.494 e. The number of methoxy groups -OCH3 is 1. The van der Waals surface area contributed by atoms with Crippen LogP contribution in [0.4, 0.5) is 0 Å². The number of rotatable bonds is 10. The zero-order chi connectivity index (χ0) is 30.5. The molecule has 0 radical (unpaired) electrons. The van der Waals surface area contributed by atoms with E-state index in [1.165, 1.54) is 4.68 Å². The highest BCUT2D eigenvalue weighted by atomic mass is 127. The summed E-state index contributed by atoms with van der Waals surface area (Å²) in [5, 5.41) is 5.20. The maximum atomic E-state index is 13.8. The van der Waals surface area contributed by atoms with E-state index in [4.69, 9.17) is 24.3 Å². The normalized spacial score (nSPS) is 11.4. The summed E-state index contributed by atoms with van der Waals surface area (Å²) in [6.45, 7) is 9.21. The van der Waals surface area contributed by atoms with Crippen molar-refractivity contribution in [2.24, 2.45) is 5.10 Å². The van der Waals surface area contributed by atoms with E-state index in [1.807, 2.05) is 80.6 Å². The third kappa shape index (κ3) is 6.59. The lowest BCUT2D eigenvalue weighted by Gasteiger charge is -2.18. The average molecular weight is 688 g/mol. The van der Waals surface area contributed by atoms with E-state index >= 15 is 0 Å². The van der Waals surface area contributed by atoms with Gasteiger partial charge in [-0.3, -0.25) is 4.79 Å². The number of aryl methyl sites for hydroxylation is 1. The molecular weight excluding hydrogens is 653 g/mol. The Labute approximate surface area is 265 Å². The maximum Gasteiger partial charge on any atom is 0.282 e. The molecule has 0 aliphatic carbocycles. The van der Waals surface area contributed by atoms with Crippen LogP contribution in [0, 0.1) is 10.5 Å². The van der Waals surface area contributed by atoms with Crippen LogP contribution in [-0.4, -0.2) is 29.6 Å². The molecule has 0 saturated heterocycles. The SMILES string of the molecule is CCOc1cc(C)c(-c2nc3ccccc3c(=O)n2N=Cc2cc(I)c(OCc3ccccc3)c(OC)c2)cc1C(C)C. The van der Waals surface area contributed by atoms with E-state index < -0.39 is 0 Å². The standard InChI is InChI=1S/C35H34IN3O4/c1-6-42-31-16-23(4)28(19-27(31)22(2)3)34-38-30-15-11-10-14-26(30)35(40)39(34)37-20-25-17-29(36)33(32(18-25)41-5)43-21-24-12-8-7-9-13-24/h7-20,22H,6,21H2,1-5H3. The Hall–Kier alpha value is -4.18. The van der Waals surface area contributed by atoms with Gasteiger partial charge < -0.3 is 14.2 Å². The van der Waals surface area contributed by atoms with E-state index in [9.17, 15) is 4.79 Å². The Kier molecular flexibility index (Phi) is 9.45. The smallest absolute Gasteiger partial charge is 0.282 e. The van der Waals surface area contributed by atoms with Crippen molar-refractivity contribution in [3.8, 4) is 28.6 Å². The topological polar surface area (TPSA) is 74.9 Å². The third-order valence-corrected chi connectivity index (χ3v) is 7.87. The molecule has 0 unspecified atom stereocenters. The summed E-state index contributed by atoms with van der Waals surface area (Å²) in [5.41, 5.74) is 4.99. The monoisotopic (exact) mass is 687 g/mol. The van der Waals surface area contributed by atoms with E-state index in [2.05, 4.69) is 42.5 Å². The minimum absolute atomic E-state index is 0.210. The lowest BCUT2D eigenvalue weighted by Crippen LogP contribution is -2.21. The van der Waals surface area contributed by atoms with E-state index in [1.54, 1.807) is 19.4 Å². The first-order valence-corrected chi connectivity index (χ1v) is 15.3. The molecule has 0 aliphatic heterocycles. The molecule has 5 aromatic rings. The van der Waals surface area contributed by atoms with Crippen LogP contribution in [0.25, 0.3) is 22.3 Å². The van der Waals surface area contributed by atoms with E-state index in [-0.39, 0.29) is 11.5 Å². The number of fused-ring (bicyclic) bond motifs is 1. The van der Waals surface area contributed by atoms with Crippen molar-refractivity contribution in [2.75, 3.05) is 13.7 Å². The van der Waals surface area contributed by atoms with Crippen molar-refractivity contribution in [2.45, 2.75) is 40.2 Å². The molecule has 7 nitrogen and oxygen atoms in total. The molecule has 0 fully saturated rings. The van der Waals surface area contributed by atoms with Gasteiger partial charge in [-0.05, 0) is 101 Å². The van der Waals surface area contributed by atoms with Crippen LogP contribution in [0.5, 0.6) is 17.2 Å². The summed E-state index contributed by atoms with van der Waals surface area (Å²) in [4.78, 5) is 18.8. The Bertz CT molecular complexity index is 1850. The molecule has 43 heavy (non-hydrogen) atoms. The van der Waals surface area contributed by atoms with Crippen molar-refractivity contribution in [3.63, 3.8) is 0 Å². The second kappa shape index (κ2) is 13.4. The number of halogens is 1. The zero-order valence-electron chi connectivity index (χ0n) is 24.9. The Balaban J connectivity index is 1.60. The summed E-state index contributed by atoms with van der Waals surface area (Å²) < 4.78 is 20.0. The number of nitrogens with zero attached hydrogens (tertiary/aromatic N) is 3. The van der Waals surface area contributed by atoms with Gasteiger partial charge in [0.15, 0.2) is 17.3 Å². The number of hydrogen-bond donors (Lipinski definition) is 0. The molecule has 8 heteroatoms. The summed E-state index contributed by atoms with van der Waals surface area (Å²) in [7, 11) is 1.61. The Morgan fingerprint density at radius 2 is 1.72 bits per heavy atom. The molecule has 0 spiro atoms. The minimum atomic E-state index is -0.249. The van der Waals surface area contributed by atoms with Crippen LogP contribution in [-0.2, 0) is 6.61 Å². The largest absolute Gasteiger partial charge is 0.494 e. The van der Waals surface area contributed by atoms with Gasteiger partial charge in [-0.2, -0.15) is 9.78 Å². The van der Waals surface area contributed by atoms with Crippen molar-refractivity contribution in [3.05, 3.63) is 115 Å². The molecule has 0 N–H and O–H groups in total. The highest BCUT2D eigenvalue weighted by Gasteiger charge is 2.19. The average Bonchev–Trinajstić information content (AvgIpc) is 3.00. The summed E-state index contributed by atoms with van der Waals surface area (Å²) >= 11 is 2.23. The number of para-hydroxylation sites is 1. The zero-order valence-corrected chi connectivity index (χ0v) is 27.1. The van der Waals surface area contributed by atoms with Crippen LogP contribution in [0.3, 0.4) is 0 Å². The molecule has 0 amide bonds. The van der Waals surface area contributed by atoms with Gasteiger partial charge >= 0.3 is 0 Å². The third-order valence-electron chi connectivity index (χ3n) is 7.07. The van der Waals surface area contributed by atoms with Gasteiger partial charge in [0.05, 0.1) is 34.4 Å². The molecule has 5 rings (SSSR count). The Morgan fingerprint density at radius 1 is 0.977 bits per heavy atom. The molecule has 0 aliphatic rings. The first kappa shape index (κ1) is 30.3. The quantitative estimate of drug-likeness (QED) is 0.110. The van der Waals surface area contributed by atoms with Gasteiger partial charge in [0.1, 0.15) is 12.4 Å². The first-order chi connectivity index (χ1) is 20.8. The van der Waals surface area contributed by atoms with Crippen LogP contribution in [0.15, 0.2) is 88.8 Å². The predicted molar refractivity (Wildman–Crippen MR) is 181 cm³/mol. The van der Waals surface area contributed by atoms with Crippen LogP contribution in [0.2, 0.25) is 0 Å². The van der Waals surface area contributed by atoms with Crippen molar-refractivity contribution in [1.29, 1.82) is 0 Å². The fraction of sp³-hybridized carbons (Fsp3) is 0.229. The number of benzene rings is 4. The van der Waals surface area contributed by atoms with E-state index in [0.717, 1.165) is 37.1 Å². The van der Waals surface area contributed by atoms with Gasteiger partial charge in [-0.1, -0.05) is 56.3 Å². The molecule has 1 aromatic heterocycles. The maximum absolute atomic E-state index is 13.8. The Morgan fingerprint density at radius 3 is 2.44 bits per heavy atom. The number of ether oxygens (including phenoxy) is 3. The number of hydrogen-bond acceptors (Lipinski definition) is 6. The second-order valence-electron chi connectivity index (χ2n) is 10.4. The molecule has 4 aromatic carbocycles. The number of aromatic nitrogens is 2. The van der Waals surface area contributed by atoms with Gasteiger partial charge in [-0.15, -0.1) is 0 Å². The summed E-state index contributed by atoms with van der Waals surface area (Å²) in [5.74, 6) is 2.75. The van der Waals surface area contributed by atoms with E-state index in [0.29, 0.717) is 41.4 Å². The van der Waals surface area contributed by atoms with Crippen LogP contribution < -0.4 is 19.8 Å². The highest BCUT2D eigenvalue weighted by molar-refractivity contribution is 14.1. The lowest BCUT2D eigenvalue weighted by molar-refractivity contribution is 0.282. The highest BCUT2D eigenvalue weighted by Crippen LogP contribution is 2.36. The molecule has 0 atom stereocenters. The molecule has 220 valence electrons. The van der Waals surface area contributed by atoms with Gasteiger partial charge in [0, 0.05) is 5.56 Å². The summed E-state index contributed by atoms with van der Waals surface area (Å²) in [6.07, 6.45) is 1.65. The fourth-order valence-corrected chi connectivity index (χ4v) is 5.67.